The number of aromatic nitrogens is 1. The second-order valence-electron chi connectivity index (χ2n) is 4.14. The van der Waals surface area contributed by atoms with Gasteiger partial charge in [-0.25, -0.2) is 0 Å². The molecule has 19 heavy (non-hydrogen) atoms. The number of aromatic amines is 1. The quantitative estimate of drug-likeness (QED) is 0.436. The molecule has 1 aromatic heterocycles. The molecule has 0 aliphatic rings. The number of esters is 1. The van der Waals surface area contributed by atoms with Crippen LogP contribution in [0.2, 0.25) is 0 Å². The van der Waals surface area contributed by atoms with Crippen molar-refractivity contribution in [1.82, 2.24) is 10.3 Å². The topological polar surface area (TPSA) is 112 Å². The number of rotatable bonds is 7. The minimum absolute atomic E-state index is 0.0675. The molecule has 0 fully saturated rings. The molecule has 1 rings (SSSR count). The zero-order valence-corrected chi connectivity index (χ0v) is 10.7. The van der Waals surface area contributed by atoms with Crippen molar-refractivity contribution in [3.05, 3.63) is 6.07 Å². The Balaban J connectivity index is 2.15. The second kappa shape index (κ2) is 7.30. The number of carbonyl (C=O) groups is 2. The van der Waals surface area contributed by atoms with E-state index >= 15 is 0 Å². The van der Waals surface area contributed by atoms with E-state index < -0.39 is 5.97 Å². The van der Waals surface area contributed by atoms with E-state index in [0.29, 0.717) is 13.0 Å². The number of hydrogen-bond donors (Lipinski definition) is 4. The van der Waals surface area contributed by atoms with E-state index in [1.807, 2.05) is 0 Å². The van der Waals surface area contributed by atoms with Gasteiger partial charge in [0.15, 0.2) is 11.6 Å². The molecule has 1 aromatic rings. The minimum atomic E-state index is -0.478. The van der Waals surface area contributed by atoms with Gasteiger partial charge in [0.05, 0.1) is 0 Å². The summed E-state index contributed by atoms with van der Waals surface area (Å²) >= 11 is 0. The molecule has 1 amide bonds. The molecule has 106 valence electrons. The Morgan fingerprint density at radius 2 is 2.05 bits per heavy atom. The van der Waals surface area contributed by atoms with Crippen molar-refractivity contribution in [3.63, 3.8) is 0 Å². The third-order valence-electron chi connectivity index (χ3n) is 2.40. The summed E-state index contributed by atoms with van der Waals surface area (Å²) in [6.07, 6.45) is 2.43. The van der Waals surface area contributed by atoms with E-state index in [1.165, 1.54) is 6.92 Å². The van der Waals surface area contributed by atoms with Crippen molar-refractivity contribution >= 4 is 11.9 Å². The predicted molar refractivity (Wildman–Crippen MR) is 66.9 cm³/mol. The van der Waals surface area contributed by atoms with Crippen molar-refractivity contribution in [2.24, 2.45) is 0 Å². The average molecular weight is 270 g/mol. The molecule has 0 radical (unpaired) electrons. The Labute approximate surface area is 110 Å². The number of aromatic hydroxyl groups is 2. The standard InChI is InChI=1S/C12H18N2O5/c1-8(15)13-6-4-2-3-5-11(17)19-9-7-10(16)14-12(9)18/h7,14,16,18H,2-6H2,1H3,(H,13,15). The molecule has 0 aromatic carbocycles. The van der Waals surface area contributed by atoms with Crippen LogP contribution in [0.3, 0.4) is 0 Å². The normalized spacial score (nSPS) is 10.2. The SMILES string of the molecule is CC(=O)NCCCCCC(=O)Oc1cc(O)[nH]c1O. The van der Waals surface area contributed by atoms with Crippen LogP contribution in [0.4, 0.5) is 0 Å². The van der Waals surface area contributed by atoms with E-state index in [9.17, 15) is 14.7 Å². The molecule has 1 heterocycles. The maximum atomic E-state index is 11.4. The fourth-order valence-electron chi connectivity index (χ4n) is 1.50. The van der Waals surface area contributed by atoms with Crippen LogP contribution in [-0.4, -0.2) is 33.6 Å². The lowest BCUT2D eigenvalue weighted by Gasteiger charge is -2.03. The summed E-state index contributed by atoms with van der Waals surface area (Å²) in [6, 6.07) is 1.13. The largest absolute Gasteiger partial charge is 0.494 e. The Kier molecular flexibility index (Phi) is 5.72. The zero-order valence-electron chi connectivity index (χ0n) is 10.7. The first-order chi connectivity index (χ1) is 8.99. The van der Waals surface area contributed by atoms with Crippen LogP contribution in [0.5, 0.6) is 17.5 Å². The molecule has 0 spiro atoms. The second-order valence-corrected chi connectivity index (χ2v) is 4.14. The smallest absolute Gasteiger partial charge is 0.311 e. The Hall–Kier alpha value is -2.18. The summed E-state index contributed by atoms with van der Waals surface area (Å²) in [4.78, 5) is 24.2. The maximum Gasteiger partial charge on any atom is 0.311 e. The van der Waals surface area contributed by atoms with Gasteiger partial charge in [0.25, 0.3) is 0 Å². The molecule has 0 atom stereocenters. The molecule has 4 N–H and O–H groups in total. The van der Waals surface area contributed by atoms with Gasteiger partial charge in [-0.3, -0.25) is 14.6 Å². The average Bonchev–Trinajstić information content (AvgIpc) is 2.62. The third kappa shape index (κ3) is 5.80. The van der Waals surface area contributed by atoms with Gasteiger partial charge in [0.1, 0.15) is 0 Å². The van der Waals surface area contributed by atoms with Crippen LogP contribution >= 0.6 is 0 Å². The molecule has 0 aliphatic heterocycles. The fraction of sp³-hybridized carbons (Fsp3) is 0.500. The fourth-order valence-corrected chi connectivity index (χ4v) is 1.50. The summed E-state index contributed by atoms with van der Waals surface area (Å²) in [6.45, 7) is 2.05. The van der Waals surface area contributed by atoms with E-state index in [2.05, 4.69) is 10.3 Å². The maximum absolute atomic E-state index is 11.4. The summed E-state index contributed by atoms with van der Waals surface area (Å²) in [5.41, 5.74) is 0. The highest BCUT2D eigenvalue weighted by Crippen LogP contribution is 2.29. The van der Waals surface area contributed by atoms with Crippen LogP contribution in [0.25, 0.3) is 0 Å². The summed E-state index contributed by atoms with van der Waals surface area (Å²) in [7, 11) is 0. The van der Waals surface area contributed by atoms with Crippen LogP contribution in [0, 0.1) is 0 Å². The Morgan fingerprint density at radius 1 is 1.32 bits per heavy atom. The highest BCUT2D eigenvalue weighted by atomic mass is 16.5. The number of nitrogens with one attached hydrogen (secondary N) is 2. The Bertz CT molecular complexity index is 441. The van der Waals surface area contributed by atoms with E-state index in [4.69, 9.17) is 9.84 Å². The molecule has 0 unspecified atom stereocenters. The zero-order chi connectivity index (χ0) is 14.3. The van der Waals surface area contributed by atoms with Gasteiger partial charge in [-0.05, 0) is 12.8 Å². The number of hydrogen-bond acceptors (Lipinski definition) is 5. The van der Waals surface area contributed by atoms with E-state index in [-0.39, 0.29) is 29.8 Å². The van der Waals surface area contributed by atoms with Crippen LogP contribution in [0.15, 0.2) is 6.07 Å². The summed E-state index contributed by atoms with van der Waals surface area (Å²) in [5.74, 6) is -1.27. The molecular formula is C12H18N2O5. The highest BCUT2D eigenvalue weighted by molar-refractivity contribution is 5.73. The van der Waals surface area contributed by atoms with Crippen molar-refractivity contribution in [2.45, 2.75) is 32.6 Å². The van der Waals surface area contributed by atoms with E-state index in [0.717, 1.165) is 18.9 Å². The lowest BCUT2D eigenvalue weighted by atomic mass is 10.2. The molecule has 7 heteroatoms. The monoisotopic (exact) mass is 270 g/mol. The molecule has 7 nitrogen and oxygen atoms in total. The Morgan fingerprint density at radius 3 is 2.63 bits per heavy atom. The number of unbranched alkanes of at least 4 members (excludes halogenated alkanes) is 2. The first-order valence-electron chi connectivity index (χ1n) is 6.05. The minimum Gasteiger partial charge on any atom is -0.494 e. The summed E-state index contributed by atoms with van der Waals surface area (Å²) < 4.78 is 4.86. The number of carbonyl (C=O) groups excluding carboxylic acids is 2. The van der Waals surface area contributed by atoms with Gasteiger partial charge in [0.2, 0.25) is 11.8 Å². The van der Waals surface area contributed by atoms with Crippen molar-refractivity contribution in [3.8, 4) is 17.5 Å². The lowest BCUT2D eigenvalue weighted by molar-refractivity contribution is -0.134. The molecule has 0 aliphatic carbocycles. The van der Waals surface area contributed by atoms with Gasteiger partial charge in [-0.1, -0.05) is 6.42 Å². The molecule has 0 bridgehead atoms. The van der Waals surface area contributed by atoms with Gasteiger partial charge in [-0.2, -0.15) is 0 Å². The molecular weight excluding hydrogens is 252 g/mol. The van der Waals surface area contributed by atoms with Gasteiger partial charge in [0, 0.05) is 26.0 Å². The number of amides is 1. The predicted octanol–water partition coefficient (Wildman–Crippen LogP) is 1.03. The molecule has 0 saturated carbocycles. The number of ether oxygens (including phenoxy) is 1. The van der Waals surface area contributed by atoms with Crippen molar-refractivity contribution in [1.29, 1.82) is 0 Å². The highest BCUT2D eigenvalue weighted by Gasteiger charge is 2.12. The van der Waals surface area contributed by atoms with Gasteiger partial charge in [-0.15, -0.1) is 0 Å². The van der Waals surface area contributed by atoms with E-state index in [1.54, 1.807) is 0 Å². The molecule has 0 saturated heterocycles. The van der Waals surface area contributed by atoms with Crippen LogP contribution in [0.1, 0.15) is 32.6 Å². The van der Waals surface area contributed by atoms with Crippen molar-refractivity contribution < 1.29 is 24.5 Å². The first kappa shape index (κ1) is 14.9. The lowest BCUT2D eigenvalue weighted by Crippen LogP contribution is -2.20. The number of H-pyrrole nitrogens is 1. The van der Waals surface area contributed by atoms with Crippen LogP contribution in [-0.2, 0) is 9.59 Å². The van der Waals surface area contributed by atoms with Crippen molar-refractivity contribution in [2.75, 3.05) is 6.54 Å². The van der Waals surface area contributed by atoms with Crippen LogP contribution < -0.4 is 10.1 Å². The summed E-state index contributed by atoms with van der Waals surface area (Å²) in [5, 5.41) is 20.9. The first-order valence-corrected chi connectivity index (χ1v) is 6.05. The van der Waals surface area contributed by atoms with Gasteiger partial charge < -0.3 is 20.3 Å². The third-order valence-corrected chi connectivity index (χ3v) is 2.40. The van der Waals surface area contributed by atoms with Gasteiger partial charge >= 0.3 is 5.97 Å².